The minimum Gasteiger partial charge on any atom is -0.311 e. The summed E-state index contributed by atoms with van der Waals surface area (Å²) in [4.78, 5) is 12.8. The third kappa shape index (κ3) is 5.38. The van der Waals surface area contributed by atoms with Crippen LogP contribution in [-0.4, -0.2) is 41.5 Å². The summed E-state index contributed by atoms with van der Waals surface area (Å²) in [5.41, 5.74) is 1.94. The molecule has 1 aromatic heterocycles. The summed E-state index contributed by atoms with van der Waals surface area (Å²) in [7, 11) is -3.42. The molecular weight excluding hydrogens is 448 g/mol. The molecule has 1 N–H and O–H groups in total. The fraction of sp³-hybridized carbons (Fsp3) is 0.304. The van der Waals surface area contributed by atoms with E-state index in [-0.39, 0.29) is 12.3 Å². The van der Waals surface area contributed by atoms with Gasteiger partial charge in [0, 0.05) is 30.6 Å². The smallest absolute Gasteiger partial charge is 0.243 e. The molecule has 0 bridgehead atoms. The van der Waals surface area contributed by atoms with Crippen LogP contribution in [0.25, 0.3) is 0 Å². The van der Waals surface area contributed by atoms with Gasteiger partial charge in [-0.25, -0.2) is 13.1 Å². The zero-order valence-electron chi connectivity index (χ0n) is 17.6. The Bertz CT molecular complexity index is 1170. The van der Waals surface area contributed by atoms with Crippen LogP contribution in [0.4, 0.5) is 5.82 Å². The van der Waals surface area contributed by atoms with Crippen molar-refractivity contribution in [3.05, 3.63) is 76.9 Å². The first-order valence-corrected chi connectivity index (χ1v) is 12.4. The minimum absolute atomic E-state index is 0.128. The number of halogens is 1. The van der Waals surface area contributed by atoms with E-state index in [2.05, 4.69) is 10.4 Å². The molecule has 1 aliphatic heterocycles. The minimum atomic E-state index is -3.42. The molecule has 0 atom stereocenters. The molecule has 3 aromatic rings. The number of benzene rings is 2. The lowest BCUT2D eigenvalue weighted by Gasteiger charge is -2.15. The highest BCUT2D eigenvalue weighted by atomic mass is 35.5. The van der Waals surface area contributed by atoms with E-state index in [4.69, 9.17) is 11.6 Å². The van der Waals surface area contributed by atoms with Crippen LogP contribution < -0.4 is 5.32 Å². The maximum absolute atomic E-state index is 12.6. The van der Waals surface area contributed by atoms with Crippen molar-refractivity contribution in [2.45, 2.75) is 37.1 Å². The Balaban J connectivity index is 1.32. The van der Waals surface area contributed by atoms with Gasteiger partial charge in [0.2, 0.25) is 15.9 Å². The van der Waals surface area contributed by atoms with Gasteiger partial charge in [-0.15, -0.1) is 0 Å². The highest BCUT2D eigenvalue weighted by Gasteiger charge is 2.26. The van der Waals surface area contributed by atoms with Crippen molar-refractivity contribution < 1.29 is 13.2 Å². The van der Waals surface area contributed by atoms with E-state index in [0.29, 0.717) is 41.8 Å². The molecule has 1 saturated heterocycles. The summed E-state index contributed by atoms with van der Waals surface area (Å²) in [6, 6.07) is 16.0. The van der Waals surface area contributed by atoms with Crippen molar-refractivity contribution in [3.8, 4) is 0 Å². The van der Waals surface area contributed by atoms with Gasteiger partial charge in [-0.1, -0.05) is 35.9 Å². The van der Waals surface area contributed by atoms with E-state index in [1.807, 2.05) is 24.3 Å². The Kier molecular flexibility index (Phi) is 6.93. The zero-order valence-corrected chi connectivity index (χ0v) is 19.1. The molecule has 4 rings (SSSR count). The number of carbonyl (C=O) groups excluding carboxylic acids is 1. The molecule has 7 nitrogen and oxygen atoms in total. The summed E-state index contributed by atoms with van der Waals surface area (Å²) in [5.74, 6) is 0.494. The number of amides is 1. The number of hydrogen-bond acceptors (Lipinski definition) is 4. The van der Waals surface area contributed by atoms with E-state index in [0.717, 1.165) is 24.0 Å². The number of nitrogens with zero attached hydrogens (tertiary/aromatic N) is 3. The topological polar surface area (TPSA) is 84.3 Å². The maximum atomic E-state index is 12.6. The predicted octanol–water partition coefficient (Wildman–Crippen LogP) is 3.94. The van der Waals surface area contributed by atoms with Crippen molar-refractivity contribution >= 4 is 33.3 Å². The van der Waals surface area contributed by atoms with Crippen LogP contribution in [0.2, 0.25) is 5.02 Å². The van der Waals surface area contributed by atoms with E-state index in [9.17, 15) is 13.2 Å². The van der Waals surface area contributed by atoms with Gasteiger partial charge in [-0.3, -0.25) is 4.79 Å². The van der Waals surface area contributed by atoms with Gasteiger partial charge in [0.1, 0.15) is 5.82 Å². The summed E-state index contributed by atoms with van der Waals surface area (Å²) in [6.07, 6.45) is 4.26. The van der Waals surface area contributed by atoms with E-state index in [1.165, 1.54) is 4.31 Å². The lowest BCUT2D eigenvalue weighted by atomic mass is 10.1. The molecule has 0 saturated carbocycles. The lowest BCUT2D eigenvalue weighted by molar-refractivity contribution is -0.116. The molecule has 32 heavy (non-hydrogen) atoms. The van der Waals surface area contributed by atoms with Crippen molar-refractivity contribution in [1.82, 2.24) is 14.1 Å². The Morgan fingerprint density at radius 2 is 1.62 bits per heavy atom. The largest absolute Gasteiger partial charge is 0.311 e. The number of carbonyl (C=O) groups is 1. The predicted molar refractivity (Wildman–Crippen MR) is 124 cm³/mol. The number of aryl methyl sites for hydroxylation is 1. The Labute approximate surface area is 193 Å². The van der Waals surface area contributed by atoms with Crippen LogP contribution in [0.15, 0.2) is 65.7 Å². The van der Waals surface area contributed by atoms with Gasteiger partial charge >= 0.3 is 0 Å². The molecule has 1 aliphatic rings. The lowest BCUT2D eigenvalue weighted by Crippen LogP contribution is -2.27. The average molecular weight is 473 g/mol. The Morgan fingerprint density at radius 3 is 2.31 bits per heavy atom. The summed E-state index contributed by atoms with van der Waals surface area (Å²) < 4.78 is 28.5. The number of sulfonamides is 1. The van der Waals surface area contributed by atoms with Crippen LogP contribution in [-0.2, 0) is 27.8 Å². The number of anilines is 1. The molecular formula is C23H25ClN4O3S. The SMILES string of the molecule is O=C(CCc1ccc(S(=O)(=O)N2CCCC2)cc1)Nc1ccnn1Cc1ccc(Cl)cc1. The fourth-order valence-corrected chi connectivity index (χ4v) is 5.34. The molecule has 2 heterocycles. The zero-order chi connectivity index (χ0) is 22.6. The molecule has 168 valence electrons. The average Bonchev–Trinajstić information content (AvgIpc) is 3.47. The van der Waals surface area contributed by atoms with Crippen molar-refractivity contribution in [1.29, 1.82) is 0 Å². The summed E-state index contributed by atoms with van der Waals surface area (Å²) in [6.45, 7) is 1.68. The normalized spacial score (nSPS) is 14.5. The first-order chi connectivity index (χ1) is 15.4. The van der Waals surface area contributed by atoms with Crippen molar-refractivity contribution in [2.75, 3.05) is 18.4 Å². The molecule has 0 radical (unpaired) electrons. The standard InChI is InChI=1S/C23H25ClN4O3S/c24-20-8-3-19(4-9-20)17-28-22(13-14-25-28)26-23(29)12-7-18-5-10-21(11-6-18)32(30,31)27-15-1-2-16-27/h3-6,8-11,13-14H,1-2,7,12,15-17H2,(H,26,29). The molecule has 2 aromatic carbocycles. The second kappa shape index (κ2) is 9.85. The van der Waals surface area contributed by atoms with Crippen molar-refractivity contribution in [3.63, 3.8) is 0 Å². The number of aromatic nitrogens is 2. The van der Waals surface area contributed by atoms with Gasteiger partial charge in [-0.2, -0.15) is 9.40 Å². The van der Waals surface area contributed by atoms with E-state index >= 15 is 0 Å². The summed E-state index contributed by atoms with van der Waals surface area (Å²) in [5, 5.41) is 7.85. The fourth-order valence-electron chi connectivity index (χ4n) is 3.70. The van der Waals surface area contributed by atoms with Gasteiger partial charge < -0.3 is 5.32 Å². The van der Waals surface area contributed by atoms with Gasteiger partial charge in [-0.05, 0) is 54.7 Å². The second-order valence-electron chi connectivity index (χ2n) is 7.80. The van der Waals surface area contributed by atoms with Gasteiger partial charge in [0.15, 0.2) is 0 Å². The quantitative estimate of drug-likeness (QED) is 0.538. The molecule has 1 amide bonds. The van der Waals surface area contributed by atoms with E-state index < -0.39 is 10.0 Å². The molecule has 0 spiro atoms. The molecule has 0 unspecified atom stereocenters. The number of nitrogens with one attached hydrogen (secondary N) is 1. The van der Waals surface area contributed by atoms with Crippen molar-refractivity contribution in [2.24, 2.45) is 0 Å². The monoisotopic (exact) mass is 472 g/mol. The molecule has 1 fully saturated rings. The highest BCUT2D eigenvalue weighted by Crippen LogP contribution is 2.21. The van der Waals surface area contributed by atoms with Gasteiger partial charge in [0.05, 0.1) is 17.6 Å². The van der Waals surface area contributed by atoms with Crippen LogP contribution in [0.3, 0.4) is 0 Å². The van der Waals surface area contributed by atoms with Crippen LogP contribution >= 0.6 is 11.6 Å². The maximum Gasteiger partial charge on any atom is 0.243 e. The Morgan fingerprint density at radius 1 is 0.969 bits per heavy atom. The Hall–Kier alpha value is -2.68. The molecule has 9 heteroatoms. The molecule has 0 aliphatic carbocycles. The number of hydrogen-bond donors (Lipinski definition) is 1. The third-order valence-corrected chi connectivity index (χ3v) is 7.66. The van der Waals surface area contributed by atoms with Crippen LogP contribution in [0.1, 0.15) is 30.4 Å². The van der Waals surface area contributed by atoms with Crippen LogP contribution in [0, 0.1) is 0 Å². The third-order valence-electron chi connectivity index (χ3n) is 5.50. The van der Waals surface area contributed by atoms with Crippen LogP contribution in [0.5, 0.6) is 0 Å². The summed E-state index contributed by atoms with van der Waals surface area (Å²) >= 11 is 5.93. The first kappa shape index (κ1) is 22.5. The first-order valence-electron chi connectivity index (χ1n) is 10.6. The highest BCUT2D eigenvalue weighted by molar-refractivity contribution is 7.89. The number of rotatable bonds is 8. The second-order valence-corrected chi connectivity index (χ2v) is 10.2. The van der Waals surface area contributed by atoms with E-state index in [1.54, 1.807) is 41.2 Å². The van der Waals surface area contributed by atoms with Gasteiger partial charge in [0.25, 0.3) is 0 Å².